The molecular weight excluding hydrogens is 1080 g/mol. The minimum absolute atomic E-state index is 0. The largest absolute Gasteiger partial charge is 4.00 e. The average Bonchev–Trinajstić information content (AvgIpc) is 3.88. The Balaban J connectivity index is 0.00000364. The molecule has 74 heavy (non-hydrogen) atoms. The summed E-state index contributed by atoms with van der Waals surface area (Å²) in [7, 11) is 0. The van der Waals surface area contributed by atoms with Gasteiger partial charge in [-0.1, -0.05) is 187 Å². The van der Waals surface area contributed by atoms with Crippen molar-refractivity contribution in [1.29, 1.82) is 0 Å². The second kappa shape index (κ2) is 19.7. The van der Waals surface area contributed by atoms with Gasteiger partial charge in [0.1, 0.15) is 5.82 Å². The van der Waals surface area contributed by atoms with Crippen molar-refractivity contribution in [3.63, 3.8) is 0 Å². The number of nitrogens with zero attached hydrogens (tertiary/aromatic N) is 4. The average molecular weight is 1160 g/mol. The van der Waals surface area contributed by atoms with Crippen LogP contribution in [0.25, 0.3) is 38.8 Å². The number of rotatable bonds is 8. The Morgan fingerprint density at radius 2 is 1.08 bits per heavy atom. The summed E-state index contributed by atoms with van der Waals surface area (Å²) in [6, 6.07) is 62.6. The van der Waals surface area contributed by atoms with Crippen molar-refractivity contribution in [2.24, 2.45) is 0 Å². The zero-order chi connectivity index (χ0) is 51.1. The van der Waals surface area contributed by atoms with Crippen LogP contribution in [0.3, 0.4) is 0 Å². The first-order chi connectivity index (χ1) is 33.9. The monoisotopic (exact) mass is 1160 g/mol. The molecule has 6 heteroatoms. The number of fused-ring (bicyclic) bond motifs is 4. The van der Waals surface area contributed by atoms with E-state index in [-0.39, 0.29) is 55.6 Å². The van der Waals surface area contributed by atoms with Crippen LogP contribution in [0.2, 0.25) is 0 Å². The summed E-state index contributed by atoms with van der Waals surface area (Å²) in [5.74, 6) is 2.08. The van der Waals surface area contributed by atoms with Crippen molar-refractivity contribution in [3.8, 4) is 28.4 Å². The summed E-state index contributed by atoms with van der Waals surface area (Å²) in [5, 5.41) is 2.23. The van der Waals surface area contributed by atoms with Gasteiger partial charge in [-0.15, -0.1) is 53.6 Å². The van der Waals surface area contributed by atoms with E-state index in [1.165, 1.54) is 38.9 Å². The van der Waals surface area contributed by atoms with Gasteiger partial charge in [0.2, 0.25) is 0 Å². The number of ether oxygens (including phenoxy) is 1. The van der Waals surface area contributed by atoms with Crippen LogP contribution in [0.4, 0.5) is 22.7 Å². The maximum absolute atomic E-state index is 6.99. The number of pyridine rings is 1. The third-order valence-corrected chi connectivity index (χ3v) is 14.6. The van der Waals surface area contributed by atoms with Crippen LogP contribution in [0.5, 0.6) is 11.5 Å². The van der Waals surface area contributed by atoms with Crippen molar-refractivity contribution in [2.45, 2.75) is 124 Å². The first kappa shape index (κ1) is 53.9. The zero-order valence-electron chi connectivity index (χ0n) is 46.1. The molecule has 5 nitrogen and oxygen atoms in total. The maximum Gasteiger partial charge on any atom is 4.00 e. The number of benzene rings is 7. The fourth-order valence-corrected chi connectivity index (χ4v) is 10.2. The number of aromatic nitrogens is 2. The Labute approximate surface area is 456 Å². The van der Waals surface area contributed by atoms with Crippen LogP contribution in [0.15, 0.2) is 158 Å². The van der Waals surface area contributed by atoms with E-state index in [1.54, 1.807) is 0 Å². The van der Waals surface area contributed by atoms with Crippen molar-refractivity contribution in [2.75, 3.05) is 9.80 Å². The molecule has 2 aromatic heterocycles. The number of anilines is 4. The molecule has 0 saturated carbocycles. The van der Waals surface area contributed by atoms with Crippen molar-refractivity contribution in [1.82, 2.24) is 9.55 Å². The predicted octanol–water partition coefficient (Wildman–Crippen LogP) is 18.6. The molecule has 1 aliphatic rings. The fourth-order valence-electron chi connectivity index (χ4n) is 10.2. The molecule has 0 radical (unpaired) electrons. The van der Waals surface area contributed by atoms with Crippen molar-refractivity contribution < 1.29 is 25.8 Å². The summed E-state index contributed by atoms with van der Waals surface area (Å²) in [5.41, 5.74) is 15.3. The summed E-state index contributed by atoms with van der Waals surface area (Å²) in [4.78, 5) is 9.65. The SMILES string of the molecule is CC(C)(C)c1cc(Oc2[c-]c3c(cc2)c2ccccc2n3-c2cc(C(C)(C)C)ccn2)[c-]c(N2[CH-]N(c3cc(-c4ccccc4)cc(C(C)(C)c4ccccc4)c3)c3cc(C(C)(C)C)c(C(C)(C)C)cc32)c1.[CH3-].[Pt+4]. The van der Waals surface area contributed by atoms with E-state index in [0.717, 1.165) is 55.9 Å². The van der Waals surface area contributed by atoms with E-state index in [9.17, 15) is 0 Å². The second-order valence-corrected chi connectivity index (χ2v) is 24.4. The molecule has 0 N–H and O–H groups in total. The molecule has 1 aliphatic heterocycles. The minimum atomic E-state index is -0.280. The van der Waals surface area contributed by atoms with E-state index in [1.807, 2.05) is 12.3 Å². The molecule has 380 valence electrons. The summed E-state index contributed by atoms with van der Waals surface area (Å²) in [6.45, 7) is 34.4. The van der Waals surface area contributed by atoms with E-state index in [2.05, 4.69) is 276 Å². The second-order valence-electron chi connectivity index (χ2n) is 24.4. The third kappa shape index (κ3) is 10.2. The molecule has 0 spiro atoms. The van der Waals surface area contributed by atoms with Gasteiger partial charge in [0, 0.05) is 45.7 Å². The topological polar surface area (TPSA) is 33.5 Å². The predicted molar refractivity (Wildman–Crippen MR) is 309 cm³/mol. The Bertz CT molecular complexity index is 3490. The minimum Gasteiger partial charge on any atom is -0.509 e. The first-order valence-electron chi connectivity index (χ1n) is 25.5. The summed E-state index contributed by atoms with van der Waals surface area (Å²) in [6.07, 6.45) is 1.92. The van der Waals surface area contributed by atoms with E-state index in [0.29, 0.717) is 11.5 Å². The molecule has 3 heterocycles. The van der Waals surface area contributed by atoms with E-state index >= 15 is 0 Å². The molecule has 0 unspecified atom stereocenters. The van der Waals surface area contributed by atoms with Gasteiger partial charge in [-0.25, -0.2) is 4.98 Å². The van der Waals surface area contributed by atoms with Gasteiger partial charge in [-0.3, -0.25) is 0 Å². The number of hydrogen-bond donors (Lipinski definition) is 0. The van der Waals surface area contributed by atoms with Gasteiger partial charge >= 0.3 is 21.1 Å². The maximum atomic E-state index is 6.99. The zero-order valence-corrected chi connectivity index (χ0v) is 48.4. The molecule has 0 saturated heterocycles. The Morgan fingerprint density at radius 1 is 0.473 bits per heavy atom. The quantitative estimate of drug-likeness (QED) is 0.142. The van der Waals surface area contributed by atoms with Crippen LogP contribution >= 0.6 is 0 Å². The van der Waals surface area contributed by atoms with Gasteiger partial charge < -0.3 is 26.5 Å². The van der Waals surface area contributed by atoms with Crippen LogP contribution < -0.4 is 14.5 Å². The Kier molecular flexibility index (Phi) is 14.3. The molecule has 0 bridgehead atoms. The van der Waals surface area contributed by atoms with Gasteiger partial charge in [0.05, 0.1) is 0 Å². The van der Waals surface area contributed by atoms with Crippen LogP contribution in [-0.4, -0.2) is 9.55 Å². The van der Waals surface area contributed by atoms with Gasteiger partial charge in [0.25, 0.3) is 0 Å². The molecule has 9 aromatic rings. The summed E-state index contributed by atoms with van der Waals surface area (Å²) < 4.78 is 9.21. The molecule has 0 aliphatic carbocycles. The van der Waals surface area contributed by atoms with Crippen molar-refractivity contribution in [3.05, 3.63) is 217 Å². The van der Waals surface area contributed by atoms with Gasteiger partial charge in [0.15, 0.2) is 0 Å². The van der Waals surface area contributed by atoms with Crippen LogP contribution in [0, 0.1) is 26.2 Å². The fraction of sp³-hybridized carbons (Fsp3) is 0.279. The molecule has 0 atom stereocenters. The number of hydrogen-bond acceptors (Lipinski definition) is 4. The van der Waals surface area contributed by atoms with Crippen molar-refractivity contribution >= 4 is 44.6 Å². The smallest absolute Gasteiger partial charge is 0.509 e. The van der Waals surface area contributed by atoms with Gasteiger partial charge in [-0.05, 0) is 108 Å². The summed E-state index contributed by atoms with van der Waals surface area (Å²) >= 11 is 0. The normalized spacial score (nSPS) is 13.2. The molecule has 7 aromatic carbocycles. The molecule has 10 rings (SSSR count). The molecule has 0 fully saturated rings. The Morgan fingerprint density at radius 3 is 1.72 bits per heavy atom. The number of para-hydroxylation sites is 1. The Hall–Kier alpha value is -6.42. The molecule has 0 amide bonds. The standard InChI is InChI=1S/C67H69N4O.CH3.Pt/c1-63(2,3)47-31-32-68-62(38-47)71-58-28-22-21-27-54(58)55-30-29-52(40-59(55)71)72-53-37-48(64(4,5)6)35-51(39-53)70-43-69(60-41-56(65(7,8)9)57(42-61(60)70)66(10,11)12)50-34-45(44-23-17-15-18-24-44)33-49(36-50)67(13,14)46-25-19-16-20-26-46;;/h15-38,41-43H,1-14H3;1H3;/q-3;-1;+4. The third-order valence-electron chi connectivity index (χ3n) is 14.6. The first-order valence-corrected chi connectivity index (χ1v) is 25.5. The van der Waals surface area contributed by atoms with E-state index < -0.39 is 0 Å². The van der Waals surface area contributed by atoms with Crippen LogP contribution in [-0.2, 0) is 48.1 Å². The van der Waals surface area contributed by atoms with E-state index in [4.69, 9.17) is 9.72 Å². The molecular formula is C68H72N4OPt. The van der Waals surface area contributed by atoms with Crippen LogP contribution in [0.1, 0.15) is 130 Å². The van der Waals surface area contributed by atoms with Gasteiger partial charge in [-0.2, -0.15) is 6.07 Å².